The van der Waals surface area contributed by atoms with E-state index in [0.717, 1.165) is 36.3 Å². The Balaban J connectivity index is 2.14. The average Bonchev–Trinajstić information content (AvgIpc) is 2.76. The topological polar surface area (TPSA) is 52.9 Å². The van der Waals surface area contributed by atoms with E-state index in [9.17, 15) is 9.83 Å². The first-order chi connectivity index (χ1) is 13.5. The van der Waals surface area contributed by atoms with Gasteiger partial charge in [0.2, 0.25) is 7.29 Å². The zero-order valence-corrected chi connectivity index (χ0v) is 17.7. The summed E-state index contributed by atoms with van der Waals surface area (Å²) < 4.78 is 14.6. The van der Waals surface area contributed by atoms with Crippen molar-refractivity contribution in [1.29, 1.82) is 5.26 Å². The summed E-state index contributed by atoms with van der Waals surface area (Å²) in [5.74, 6) is 0.285. The maximum Gasteiger partial charge on any atom is 0.205 e. The number of nitrogens with zero attached hydrogens (tertiary/aromatic N) is 1. The molecule has 2 aromatic rings. The van der Waals surface area contributed by atoms with Gasteiger partial charge in [0.15, 0.2) is 0 Å². The highest BCUT2D eigenvalue weighted by atomic mass is 31.2. The molecule has 0 aliphatic heterocycles. The van der Waals surface area contributed by atoms with Crippen molar-refractivity contribution in [3.05, 3.63) is 72.3 Å². The fraction of sp³-hybridized carbons (Fsp3) is 0.375. The first-order valence-electron chi connectivity index (χ1n) is 10.1. The lowest BCUT2D eigenvalue weighted by Crippen LogP contribution is -2.51. The number of hydrogen-bond donors (Lipinski definition) is 1. The van der Waals surface area contributed by atoms with E-state index in [2.05, 4.69) is 18.1 Å². The molecule has 0 aromatic heterocycles. The zero-order chi connectivity index (χ0) is 20.0. The molecule has 3 rings (SSSR count). The fourth-order valence-electron chi connectivity index (χ4n) is 4.41. The van der Waals surface area contributed by atoms with Crippen molar-refractivity contribution in [3.63, 3.8) is 0 Å². The Kier molecular flexibility index (Phi) is 6.55. The molecule has 0 unspecified atom stereocenters. The van der Waals surface area contributed by atoms with Crippen LogP contribution in [-0.4, -0.2) is 5.54 Å². The molecule has 1 aliphatic rings. The highest BCUT2D eigenvalue weighted by Gasteiger charge is 2.44. The van der Waals surface area contributed by atoms with E-state index in [0.29, 0.717) is 5.57 Å². The van der Waals surface area contributed by atoms with E-state index in [1.807, 2.05) is 73.7 Å². The summed E-state index contributed by atoms with van der Waals surface area (Å²) in [7, 11) is -3.13. The van der Waals surface area contributed by atoms with E-state index in [1.165, 1.54) is 6.42 Å². The van der Waals surface area contributed by atoms with Gasteiger partial charge >= 0.3 is 0 Å². The van der Waals surface area contributed by atoms with Crippen molar-refractivity contribution in [2.24, 2.45) is 5.92 Å². The Labute approximate surface area is 168 Å². The van der Waals surface area contributed by atoms with E-state index in [-0.39, 0.29) is 5.92 Å². The maximum atomic E-state index is 14.6. The SMILES string of the molecule is C/C=C(/C#N)[C@](C)(NP(=O)(c1ccccc1)c1ccccc1)C1CCCCC1. The van der Waals surface area contributed by atoms with E-state index < -0.39 is 12.8 Å². The quantitative estimate of drug-likeness (QED) is 0.535. The minimum atomic E-state index is -3.13. The summed E-state index contributed by atoms with van der Waals surface area (Å²) in [6.07, 6.45) is 7.52. The second kappa shape index (κ2) is 8.91. The Hall–Kier alpha value is -2.14. The summed E-state index contributed by atoms with van der Waals surface area (Å²) in [6.45, 7) is 3.97. The van der Waals surface area contributed by atoms with Gasteiger partial charge in [-0.2, -0.15) is 5.26 Å². The van der Waals surface area contributed by atoms with Gasteiger partial charge in [0.05, 0.1) is 11.6 Å². The largest absolute Gasteiger partial charge is 0.296 e. The molecular weight excluding hydrogens is 363 g/mol. The van der Waals surface area contributed by atoms with Crippen molar-refractivity contribution in [2.45, 2.75) is 51.5 Å². The van der Waals surface area contributed by atoms with Gasteiger partial charge in [-0.15, -0.1) is 0 Å². The third-order valence-electron chi connectivity index (χ3n) is 6.02. The number of benzene rings is 2. The highest BCUT2D eigenvalue weighted by Crippen LogP contribution is 2.47. The molecule has 2 aromatic carbocycles. The van der Waals surface area contributed by atoms with E-state index >= 15 is 0 Å². The first-order valence-corrected chi connectivity index (χ1v) is 11.8. The number of hydrogen-bond acceptors (Lipinski definition) is 2. The summed E-state index contributed by atoms with van der Waals surface area (Å²) in [5, 5.41) is 15.0. The summed E-state index contributed by atoms with van der Waals surface area (Å²) in [4.78, 5) is 0. The van der Waals surface area contributed by atoms with Crippen LogP contribution in [0.3, 0.4) is 0 Å². The smallest absolute Gasteiger partial charge is 0.205 e. The van der Waals surface area contributed by atoms with Crippen LogP contribution in [0.5, 0.6) is 0 Å². The van der Waals surface area contributed by atoms with Crippen molar-refractivity contribution < 1.29 is 4.57 Å². The number of nitrogens with one attached hydrogen (secondary N) is 1. The number of nitriles is 1. The molecule has 1 saturated carbocycles. The monoisotopic (exact) mass is 392 g/mol. The molecule has 0 amide bonds. The molecule has 1 N–H and O–H groups in total. The Bertz CT molecular complexity index is 852. The van der Waals surface area contributed by atoms with E-state index in [1.54, 1.807) is 0 Å². The first kappa shape index (κ1) is 20.6. The summed E-state index contributed by atoms with van der Waals surface area (Å²) in [6, 6.07) is 21.6. The predicted molar refractivity (Wildman–Crippen MR) is 117 cm³/mol. The molecule has 0 spiro atoms. The van der Waals surface area contributed by atoms with Gasteiger partial charge in [-0.1, -0.05) is 61.7 Å². The van der Waals surface area contributed by atoms with Crippen LogP contribution in [0, 0.1) is 17.2 Å². The molecule has 0 saturated heterocycles. The Morgan fingerprint density at radius 1 is 1.04 bits per heavy atom. The van der Waals surface area contributed by atoms with Crippen LogP contribution in [0.2, 0.25) is 0 Å². The molecule has 1 fully saturated rings. The van der Waals surface area contributed by atoms with Crippen LogP contribution in [0.15, 0.2) is 72.3 Å². The summed E-state index contributed by atoms with van der Waals surface area (Å²) >= 11 is 0. The lowest BCUT2D eigenvalue weighted by Gasteiger charge is -2.43. The van der Waals surface area contributed by atoms with Crippen LogP contribution in [0.1, 0.15) is 46.0 Å². The number of allylic oxidation sites excluding steroid dienone is 1. The molecule has 1 atom stereocenters. The Morgan fingerprint density at radius 2 is 1.54 bits per heavy atom. The van der Waals surface area contributed by atoms with Gasteiger partial charge in [0, 0.05) is 16.2 Å². The van der Waals surface area contributed by atoms with Gasteiger partial charge < -0.3 is 0 Å². The lowest BCUT2D eigenvalue weighted by molar-refractivity contribution is 0.240. The molecule has 3 nitrogen and oxygen atoms in total. The zero-order valence-electron chi connectivity index (χ0n) is 16.8. The van der Waals surface area contributed by atoms with Crippen LogP contribution in [0.25, 0.3) is 0 Å². The second-order valence-electron chi connectivity index (χ2n) is 7.74. The van der Waals surface area contributed by atoms with Gasteiger partial charge in [-0.3, -0.25) is 4.57 Å². The van der Waals surface area contributed by atoms with Gasteiger partial charge in [-0.25, -0.2) is 5.09 Å². The number of rotatable bonds is 6. The third-order valence-corrected chi connectivity index (χ3v) is 8.85. The molecule has 0 radical (unpaired) electrons. The van der Waals surface area contributed by atoms with Crippen LogP contribution in [0.4, 0.5) is 0 Å². The van der Waals surface area contributed by atoms with Gasteiger partial charge in [0.1, 0.15) is 0 Å². The van der Waals surface area contributed by atoms with Crippen LogP contribution >= 0.6 is 7.29 Å². The lowest BCUT2D eigenvalue weighted by atomic mass is 9.72. The minimum Gasteiger partial charge on any atom is -0.296 e. The fourth-order valence-corrected chi connectivity index (χ4v) is 7.11. The average molecular weight is 392 g/mol. The van der Waals surface area contributed by atoms with Crippen molar-refractivity contribution >= 4 is 17.9 Å². The molecule has 146 valence electrons. The normalized spacial score (nSPS) is 18.2. The standard InChI is InChI=1S/C24H29N2OP/c1-3-20(19-25)24(2,21-13-7-4-8-14-21)26-28(27,22-15-9-5-10-16-22)23-17-11-6-12-18-23/h3,5-6,9-12,15-18,21H,4,7-8,13-14H2,1-2H3,(H,26,27)/b20-3-/t24-/m0/s1. The second-order valence-corrected chi connectivity index (χ2v) is 10.2. The van der Waals surface area contributed by atoms with Crippen molar-refractivity contribution in [1.82, 2.24) is 5.09 Å². The highest BCUT2D eigenvalue weighted by molar-refractivity contribution is 7.77. The van der Waals surface area contributed by atoms with Gasteiger partial charge in [-0.05, 0) is 56.9 Å². The molecule has 1 aliphatic carbocycles. The molecule has 28 heavy (non-hydrogen) atoms. The molecular formula is C24H29N2OP. The van der Waals surface area contributed by atoms with Crippen LogP contribution in [-0.2, 0) is 4.57 Å². The van der Waals surface area contributed by atoms with E-state index in [4.69, 9.17) is 0 Å². The van der Waals surface area contributed by atoms with Crippen LogP contribution < -0.4 is 15.7 Å². The predicted octanol–water partition coefficient (Wildman–Crippen LogP) is 5.31. The van der Waals surface area contributed by atoms with Gasteiger partial charge in [0.25, 0.3) is 0 Å². The molecule has 4 heteroatoms. The molecule has 0 bridgehead atoms. The third kappa shape index (κ3) is 4.00. The minimum absolute atomic E-state index is 0.285. The Morgan fingerprint density at radius 3 is 1.96 bits per heavy atom. The van der Waals surface area contributed by atoms with Crippen molar-refractivity contribution in [2.75, 3.05) is 0 Å². The molecule has 0 heterocycles. The summed E-state index contributed by atoms with van der Waals surface area (Å²) in [5.41, 5.74) is 0.0389. The van der Waals surface area contributed by atoms with Crippen molar-refractivity contribution in [3.8, 4) is 6.07 Å². The maximum absolute atomic E-state index is 14.6.